The molecule has 0 aliphatic rings. The summed E-state index contributed by atoms with van der Waals surface area (Å²) in [6, 6.07) is 15.3. The quantitative estimate of drug-likeness (QED) is 0.892. The van der Waals surface area contributed by atoms with Gasteiger partial charge >= 0.3 is 5.97 Å². The topological polar surface area (TPSA) is 40.5 Å². The molecule has 0 aliphatic carbocycles. The number of hydrogen-bond acceptors (Lipinski definition) is 2. The standard InChI is InChI=1S/C16H16BrNO2/c1-2-18(11-12-6-4-3-5-7-12)15-9-8-13(16(19)20)10-14(15)17/h3-10H,2,11H2,1H3,(H,19,20). The molecule has 0 heterocycles. The van der Waals surface area contributed by atoms with Crippen LogP contribution in [0.2, 0.25) is 0 Å². The largest absolute Gasteiger partial charge is 0.478 e. The first-order chi connectivity index (χ1) is 9.61. The molecule has 104 valence electrons. The van der Waals surface area contributed by atoms with Gasteiger partial charge in [0.05, 0.1) is 11.3 Å². The molecule has 0 atom stereocenters. The Morgan fingerprint density at radius 3 is 2.45 bits per heavy atom. The first kappa shape index (κ1) is 14.6. The van der Waals surface area contributed by atoms with E-state index < -0.39 is 5.97 Å². The van der Waals surface area contributed by atoms with E-state index in [0.717, 1.165) is 23.2 Å². The number of rotatable bonds is 5. The summed E-state index contributed by atoms with van der Waals surface area (Å²) < 4.78 is 0.801. The Kier molecular flexibility index (Phi) is 4.79. The van der Waals surface area contributed by atoms with Gasteiger partial charge in [0.15, 0.2) is 0 Å². The molecule has 0 bridgehead atoms. The molecule has 20 heavy (non-hydrogen) atoms. The van der Waals surface area contributed by atoms with Gasteiger partial charge in [0.25, 0.3) is 0 Å². The highest BCUT2D eigenvalue weighted by atomic mass is 79.9. The predicted octanol–water partition coefficient (Wildman–Crippen LogP) is 4.17. The van der Waals surface area contributed by atoms with E-state index in [4.69, 9.17) is 5.11 Å². The van der Waals surface area contributed by atoms with Crippen LogP contribution in [-0.2, 0) is 6.54 Å². The Morgan fingerprint density at radius 2 is 1.90 bits per heavy atom. The minimum absolute atomic E-state index is 0.288. The Bertz CT molecular complexity index is 599. The molecule has 0 aliphatic heterocycles. The average molecular weight is 334 g/mol. The van der Waals surface area contributed by atoms with Crippen LogP contribution in [0.4, 0.5) is 5.69 Å². The van der Waals surface area contributed by atoms with Gasteiger partial charge in [-0.25, -0.2) is 4.79 Å². The molecule has 0 fully saturated rings. The summed E-state index contributed by atoms with van der Waals surface area (Å²) in [7, 11) is 0. The molecular weight excluding hydrogens is 318 g/mol. The Labute approximate surface area is 127 Å². The van der Waals surface area contributed by atoms with Crippen LogP contribution in [0.1, 0.15) is 22.8 Å². The third-order valence-corrected chi connectivity index (χ3v) is 3.77. The monoisotopic (exact) mass is 333 g/mol. The van der Waals surface area contributed by atoms with Crippen molar-refractivity contribution in [2.24, 2.45) is 0 Å². The molecule has 0 saturated heterocycles. The first-order valence-corrected chi connectivity index (χ1v) is 7.23. The highest BCUT2D eigenvalue weighted by Crippen LogP contribution is 2.28. The number of aromatic carboxylic acids is 1. The molecule has 2 aromatic carbocycles. The lowest BCUT2D eigenvalue weighted by atomic mass is 10.1. The number of halogens is 1. The predicted molar refractivity (Wildman–Crippen MR) is 84.3 cm³/mol. The van der Waals surface area contributed by atoms with Gasteiger partial charge < -0.3 is 10.0 Å². The van der Waals surface area contributed by atoms with E-state index in [2.05, 4.69) is 39.9 Å². The van der Waals surface area contributed by atoms with Crippen molar-refractivity contribution in [2.75, 3.05) is 11.4 Å². The zero-order chi connectivity index (χ0) is 14.5. The minimum Gasteiger partial charge on any atom is -0.478 e. The van der Waals surface area contributed by atoms with Gasteiger partial charge in [0.2, 0.25) is 0 Å². The van der Waals surface area contributed by atoms with Crippen LogP contribution in [0, 0.1) is 0 Å². The smallest absolute Gasteiger partial charge is 0.335 e. The summed E-state index contributed by atoms with van der Waals surface area (Å²) in [5, 5.41) is 9.00. The Morgan fingerprint density at radius 1 is 1.20 bits per heavy atom. The van der Waals surface area contributed by atoms with Crippen molar-refractivity contribution in [3.63, 3.8) is 0 Å². The van der Waals surface area contributed by atoms with Gasteiger partial charge in [-0.1, -0.05) is 30.3 Å². The fourth-order valence-corrected chi connectivity index (χ4v) is 2.70. The third-order valence-electron chi connectivity index (χ3n) is 3.13. The molecule has 3 nitrogen and oxygen atoms in total. The summed E-state index contributed by atoms with van der Waals surface area (Å²) in [5.74, 6) is -0.914. The molecule has 0 saturated carbocycles. The molecular formula is C16H16BrNO2. The molecule has 0 amide bonds. The number of carboxylic acids is 1. The van der Waals surface area contributed by atoms with Gasteiger partial charge in [-0.05, 0) is 46.6 Å². The highest BCUT2D eigenvalue weighted by molar-refractivity contribution is 9.10. The van der Waals surface area contributed by atoms with Crippen LogP contribution >= 0.6 is 15.9 Å². The number of carbonyl (C=O) groups is 1. The fourth-order valence-electron chi connectivity index (χ4n) is 2.07. The van der Waals surface area contributed by atoms with E-state index in [9.17, 15) is 4.79 Å². The third kappa shape index (κ3) is 3.39. The minimum atomic E-state index is -0.914. The Balaban J connectivity index is 2.26. The molecule has 2 rings (SSSR count). The first-order valence-electron chi connectivity index (χ1n) is 6.43. The van der Waals surface area contributed by atoms with E-state index in [0.29, 0.717) is 0 Å². The summed E-state index contributed by atoms with van der Waals surface area (Å²) in [4.78, 5) is 13.2. The number of anilines is 1. The maximum absolute atomic E-state index is 11.0. The molecule has 0 unspecified atom stereocenters. The molecule has 0 aromatic heterocycles. The maximum atomic E-state index is 11.0. The maximum Gasteiger partial charge on any atom is 0.335 e. The number of carboxylic acid groups (broad SMARTS) is 1. The van der Waals surface area contributed by atoms with Crippen LogP contribution < -0.4 is 4.90 Å². The van der Waals surface area contributed by atoms with Gasteiger partial charge in [-0.2, -0.15) is 0 Å². The number of hydrogen-bond donors (Lipinski definition) is 1. The van der Waals surface area contributed by atoms with Gasteiger partial charge in [0, 0.05) is 17.6 Å². The van der Waals surface area contributed by atoms with Gasteiger partial charge in [-0.3, -0.25) is 0 Å². The van der Waals surface area contributed by atoms with E-state index >= 15 is 0 Å². The SMILES string of the molecule is CCN(Cc1ccccc1)c1ccc(C(=O)O)cc1Br. The lowest BCUT2D eigenvalue weighted by molar-refractivity contribution is 0.0697. The number of nitrogens with zero attached hydrogens (tertiary/aromatic N) is 1. The van der Waals surface area contributed by atoms with Crippen LogP contribution in [0.5, 0.6) is 0 Å². The van der Waals surface area contributed by atoms with Crippen LogP contribution in [-0.4, -0.2) is 17.6 Å². The summed E-state index contributed by atoms with van der Waals surface area (Å²) in [5.41, 5.74) is 2.52. The van der Waals surface area contributed by atoms with Crippen molar-refractivity contribution >= 4 is 27.6 Å². The lowest BCUT2D eigenvalue weighted by Crippen LogP contribution is -2.22. The van der Waals surface area contributed by atoms with Crippen molar-refractivity contribution < 1.29 is 9.90 Å². The normalized spacial score (nSPS) is 10.3. The molecule has 0 spiro atoms. The van der Waals surface area contributed by atoms with Crippen LogP contribution in [0.15, 0.2) is 53.0 Å². The molecule has 1 N–H and O–H groups in total. The van der Waals surface area contributed by atoms with Crippen LogP contribution in [0.25, 0.3) is 0 Å². The summed E-state index contributed by atoms with van der Waals surface area (Å²) in [6.07, 6.45) is 0. The van der Waals surface area contributed by atoms with Crippen molar-refractivity contribution in [1.29, 1.82) is 0 Å². The van der Waals surface area contributed by atoms with Crippen molar-refractivity contribution in [3.05, 3.63) is 64.1 Å². The van der Waals surface area contributed by atoms with Gasteiger partial charge in [0.1, 0.15) is 0 Å². The second kappa shape index (κ2) is 6.57. The molecule has 4 heteroatoms. The lowest BCUT2D eigenvalue weighted by Gasteiger charge is -2.24. The Hall–Kier alpha value is -1.81. The van der Waals surface area contributed by atoms with Crippen molar-refractivity contribution in [3.8, 4) is 0 Å². The summed E-state index contributed by atoms with van der Waals surface area (Å²) >= 11 is 3.47. The zero-order valence-electron chi connectivity index (χ0n) is 11.2. The van der Waals surface area contributed by atoms with E-state index in [1.165, 1.54) is 5.56 Å². The van der Waals surface area contributed by atoms with Crippen LogP contribution in [0.3, 0.4) is 0 Å². The summed E-state index contributed by atoms with van der Waals surface area (Å²) in [6.45, 7) is 3.72. The highest BCUT2D eigenvalue weighted by Gasteiger charge is 2.12. The zero-order valence-corrected chi connectivity index (χ0v) is 12.8. The van der Waals surface area contributed by atoms with Gasteiger partial charge in [-0.15, -0.1) is 0 Å². The van der Waals surface area contributed by atoms with Crippen molar-refractivity contribution in [2.45, 2.75) is 13.5 Å². The van der Waals surface area contributed by atoms with E-state index in [1.807, 2.05) is 24.3 Å². The fraction of sp³-hybridized carbons (Fsp3) is 0.188. The van der Waals surface area contributed by atoms with E-state index in [-0.39, 0.29) is 5.56 Å². The second-order valence-corrected chi connectivity index (χ2v) is 5.33. The van der Waals surface area contributed by atoms with E-state index in [1.54, 1.807) is 12.1 Å². The second-order valence-electron chi connectivity index (χ2n) is 4.47. The van der Waals surface area contributed by atoms with Crippen molar-refractivity contribution in [1.82, 2.24) is 0 Å². The number of benzene rings is 2. The average Bonchev–Trinajstić information content (AvgIpc) is 2.46. The molecule has 2 aromatic rings. The molecule has 0 radical (unpaired) electrons.